The molecule has 1 atom stereocenters. The van der Waals surface area contributed by atoms with E-state index in [-0.39, 0.29) is 23.3 Å². The molecule has 1 saturated heterocycles. The Morgan fingerprint density at radius 2 is 2.14 bits per heavy atom. The lowest BCUT2D eigenvalue weighted by atomic mass is 10.0. The predicted octanol–water partition coefficient (Wildman–Crippen LogP) is 3.01. The zero-order valence-electron chi connectivity index (χ0n) is 21.0. The van der Waals surface area contributed by atoms with Gasteiger partial charge in [-0.2, -0.15) is 10.2 Å². The molecular weight excluding hydrogens is 458 g/mol. The lowest BCUT2D eigenvalue weighted by molar-refractivity contribution is -0.127. The van der Waals surface area contributed by atoms with Crippen LogP contribution in [0.3, 0.4) is 0 Å². The molecule has 10 heteroatoms. The molecule has 0 saturated carbocycles. The average Bonchev–Trinajstić information content (AvgIpc) is 3.40. The number of benzene rings is 1. The maximum Gasteiger partial charge on any atom is 0.292 e. The number of nitrogens with one attached hydrogen (secondary N) is 1. The Hall–Kier alpha value is -3.92. The molecule has 3 aromatic heterocycles. The number of rotatable bonds is 5. The summed E-state index contributed by atoms with van der Waals surface area (Å²) in [4.78, 5) is 29.4. The molecule has 0 spiro atoms. The van der Waals surface area contributed by atoms with E-state index < -0.39 is 5.56 Å². The molecular formula is C26H31N7O3. The molecule has 36 heavy (non-hydrogen) atoms. The van der Waals surface area contributed by atoms with Crippen molar-refractivity contribution in [3.8, 4) is 11.5 Å². The van der Waals surface area contributed by atoms with Crippen LogP contribution in [0.4, 0.5) is 5.82 Å². The van der Waals surface area contributed by atoms with E-state index in [1.807, 2.05) is 60.6 Å². The van der Waals surface area contributed by atoms with Crippen LogP contribution in [0, 0.1) is 13.8 Å². The number of aryl methyl sites for hydroxylation is 2. The monoisotopic (exact) mass is 489 g/mol. The number of aromatic amines is 1. The highest BCUT2D eigenvalue weighted by Gasteiger charge is 2.31. The van der Waals surface area contributed by atoms with Gasteiger partial charge in [-0.25, -0.2) is 5.10 Å². The van der Waals surface area contributed by atoms with Crippen LogP contribution < -0.4 is 11.3 Å². The predicted molar refractivity (Wildman–Crippen MR) is 140 cm³/mol. The van der Waals surface area contributed by atoms with Crippen LogP contribution in [0.5, 0.6) is 0 Å². The Bertz CT molecular complexity index is 1540. The molecule has 1 aliphatic heterocycles. The first kappa shape index (κ1) is 23.8. The number of anilines is 1. The number of aromatic nitrogens is 4. The fourth-order valence-corrected chi connectivity index (χ4v) is 4.92. The third kappa shape index (κ3) is 4.17. The van der Waals surface area contributed by atoms with E-state index in [0.29, 0.717) is 36.5 Å². The summed E-state index contributed by atoms with van der Waals surface area (Å²) in [6.07, 6.45) is 5.11. The van der Waals surface area contributed by atoms with Crippen LogP contribution in [0.15, 0.2) is 39.6 Å². The van der Waals surface area contributed by atoms with Crippen molar-refractivity contribution >= 4 is 33.6 Å². The first-order valence-electron chi connectivity index (χ1n) is 12.1. The van der Waals surface area contributed by atoms with Crippen molar-refractivity contribution in [1.82, 2.24) is 29.8 Å². The van der Waals surface area contributed by atoms with Crippen LogP contribution in [0.1, 0.15) is 30.0 Å². The van der Waals surface area contributed by atoms with Crippen molar-refractivity contribution in [2.45, 2.75) is 32.7 Å². The fourth-order valence-electron chi connectivity index (χ4n) is 4.92. The van der Waals surface area contributed by atoms with Gasteiger partial charge in [-0.1, -0.05) is 17.7 Å². The van der Waals surface area contributed by atoms with Crippen LogP contribution >= 0.6 is 0 Å². The highest BCUT2D eigenvalue weighted by Crippen LogP contribution is 2.40. The minimum absolute atomic E-state index is 0.0331. The standard InChI is InChI=1S/C26H31N7O3/c1-15-9-10-19-18(13-15)16(2)24(36-19)23-21-22(26(35)29-28-25(21)27)30-33(23)17-7-5-12-32(14-17)20(34)8-6-11-31(3)4/h6,8-10,13,17H,5,7,11-12,14H2,1-4H3,(H2,27,28)(H,29,35)/b8-6+. The van der Waals surface area contributed by atoms with E-state index in [2.05, 4.69) is 16.3 Å². The number of likely N-dealkylation sites (tertiary alicyclic amines) is 1. The zero-order chi connectivity index (χ0) is 25.6. The Labute approximate surface area is 208 Å². The summed E-state index contributed by atoms with van der Waals surface area (Å²) < 4.78 is 8.15. The number of nitrogens with zero attached hydrogens (tertiary/aromatic N) is 5. The van der Waals surface area contributed by atoms with E-state index in [9.17, 15) is 9.59 Å². The van der Waals surface area contributed by atoms with Crippen LogP contribution in [-0.2, 0) is 4.79 Å². The normalized spacial score (nSPS) is 16.7. The minimum atomic E-state index is -0.417. The number of H-pyrrole nitrogens is 1. The van der Waals surface area contributed by atoms with Gasteiger partial charge in [0.1, 0.15) is 11.3 Å². The molecule has 5 rings (SSSR count). The number of carbonyl (C=O) groups excluding carboxylic acids is 1. The summed E-state index contributed by atoms with van der Waals surface area (Å²) in [5, 5.41) is 12.6. The highest BCUT2D eigenvalue weighted by molar-refractivity contribution is 6.01. The number of hydrogen-bond acceptors (Lipinski definition) is 7. The minimum Gasteiger partial charge on any atom is -0.454 e. The molecule has 0 bridgehead atoms. The molecule has 1 aromatic carbocycles. The largest absolute Gasteiger partial charge is 0.454 e. The van der Waals surface area contributed by atoms with E-state index in [1.165, 1.54) is 0 Å². The van der Waals surface area contributed by atoms with Crippen molar-refractivity contribution in [3.05, 3.63) is 51.8 Å². The van der Waals surface area contributed by atoms with Gasteiger partial charge in [0.25, 0.3) is 5.56 Å². The summed E-state index contributed by atoms with van der Waals surface area (Å²) in [5.41, 5.74) is 9.50. The van der Waals surface area contributed by atoms with Gasteiger partial charge in [0.15, 0.2) is 17.1 Å². The molecule has 0 radical (unpaired) electrons. The third-order valence-electron chi connectivity index (χ3n) is 6.75. The topological polar surface area (TPSA) is 126 Å². The number of amides is 1. The first-order valence-corrected chi connectivity index (χ1v) is 12.1. The molecule has 1 unspecified atom stereocenters. The zero-order valence-corrected chi connectivity index (χ0v) is 21.0. The summed E-state index contributed by atoms with van der Waals surface area (Å²) >= 11 is 0. The Balaban J connectivity index is 1.62. The fraction of sp³-hybridized carbons (Fsp3) is 0.385. The number of nitrogens with two attached hydrogens (primary N) is 1. The maximum atomic E-state index is 12.9. The average molecular weight is 490 g/mol. The van der Waals surface area contributed by atoms with Crippen molar-refractivity contribution in [2.75, 3.05) is 39.5 Å². The number of furan rings is 1. The molecule has 1 aliphatic rings. The number of hydrogen-bond donors (Lipinski definition) is 2. The summed E-state index contributed by atoms with van der Waals surface area (Å²) in [6.45, 7) is 5.86. The Morgan fingerprint density at radius 3 is 2.92 bits per heavy atom. The van der Waals surface area contributed by atoms with Crippen molar-refractivity contribution in [1.29, 1.82) is 0 Å². The molecule has 4 heterocycles. The second kappa shape index (κ2) is 9.27. The quantitative estimate of drug-likeness (QED) is 0.413. The smallest absolute Gasteiger partial charge is 0.292 e. The second-order valence-electron chi connectivity index (χ2n) is 9.76. The van der Waals surface area contributed by atoms with Gasteiger partial charge in [-0.15, -0.1) is 0 Å². The van der Waals surface area contributed by atoms with Gasteiger partial charge in [0, 0.05) is 36.7 Å². The van der Waals surface area contributed by atoms with Crippen molar-refractivity contribution in [2.24, 2.45) is 0 Å². The van der Waals surface area contributed by atoms with Crippen LogP contribution in [-0.4, -0.2) is 69.4 Å². The summed E-state index contributed by atoms with van der Waals surface area (Å²) in [5.74, 6) is 0.748. The Morgan fingerprint density at radius 1 is 1.33 bits per heavy atom. The molecule has 4 aromatic rings. The summed E-state index contributed by atoms with van der Waals surface area (Å²) in [6, 6.07) is 5.87. The van der Waals surface area contributed by atoms with Crippen LogP contribution in [0.25, 0.3) is 33.3 Å². The lowest BCUT2D eigenvalue weighted by Crippen LogP contribution is -2.40. The number of likely N-dealkylation sites (N-methyl/N-ethyl adjacent to an activating group) is 1. The van der Waals surface area contributed by atoms with Gasteiger partial charge in [0.2, 0.25) is 5.91 Å². The van der Waals surface area contributed by atoms with Gasteiger partial charge in [-0.05, 0) is 52.9 Å². The highest BCUT2D eigenvalue weighted by atomic mass is 16.3. The van der Waals surface area contributed by atoms with E-state index in [4.69, 9.17) is 15.2 Å². The molecule has 1 fully saturated rings. The number of piperidine rings is 1. The third-order valence-corrected chi connectivity index (χ3v) is 6.75. The summed E-state index contributed by atoms with van der Waals surface area (Å²) in [7, 11) is 3.92. The first-order chi connectivity index (χ1) is 17.2. The molecule has 188 valence electrons. The number of nitrogen functional groups attached to an aromatic ring is 1. The number of fused-ring (bicyclic) bond motifs is 2. The van der Waals surface area contributed by atoms with E-state index in [1.54, 1.807) is 6.08 Å². The van der Waals surface area contributed by atoms with Gasteiger partial charge < -0.3 is 20.0 Å². The molecule has 3 N–H and O–H groups in total. The Kier molecular flexibility index (Phi) is 6.13. The van der Waals surface area contributed by atoms with Gasteiger partial charge >= 0.3 is 0 Å². The maximum absolute atomic E-state index is 12.9. The molecule has 10 nitrogen and oxygen atoms in total. The van der Waals surface area contributed by atoms with Gasteiger partial charge in [0.05, 0.1) is 11.4 Å². The second-order valence-corrected chi connectivity index (χ2v) is 9.76. The number of carbonyl (C=O) groups is 1. The lowest BCUT2D eigenvalue weighted by Gasteiger charge is -2.33. The van der Waals surface area contributed by atoms with E-state index in [0.717, 1.165) is 34.9 Å². The van der Waals surface area contributed by atoms with E-state index >= 15 is 0 Å². The molecule has 1 amide bonds. The molecule has 0 aliphatic carbocycles. The SMILES string of the molecule is Cc1ccc2oc(-c3c4c(N)n[nH]c(=O)c4nn3C3CCCN(C(=O)/C=C/CN(C)C)C3)c(C)c2c1. The van der Waals surface area contributed by atoms with Crippen molar-refractivity contribution in [3.63, 3.8) is 0 Å². The van der Waals surface area contributed by atoms with Crippen LogP contribution in [0.2, 0.25) is 0 Å². The van der Waals surface area contributed by atoms with Crippen molar-refractivity contribution < 1.29 is 9.21 Å². The van der Waals surface area contributed by atoms with Gasteiger partial charge in [-0.3, -0.25) is 14.3 Å².